The largest absolute Gasteiger partial charge is 0.454 e. The van der Waals surface area contributed by atoms with Crippen LogP contribution < -0.4 is 5.32 Å². The maximum absolute atomic E-state index is 12.7. The maximum Gasteiger partial charge on any atom is 0.330 e. The van der Waals surface area contributed by atoms with Crippen molar-refractivity contribution in [3.63, 3.8) is 0 Å². The fraction of sp³-hybridized carbons (Fsp3) is 0.238. The average Bonchev–Trinajstić information content (AvgIpc) is 2.94. The van der Waals surface area contributed by atoms with Crippen molar-refractivity contribution in [3.8, 4) is 0 Å². The van der Waals surface area contributed by atoms with Gasteiger partial charge in [0, 0.05) is 5.02 Å². The average molecular weight is 449 g/mol. The molecular formula is C21H18Cl2N2O5. The number of benzene rings is 2. The summed E-state index contributed by atoms with van der Waals surface area (Å²) in [6.45, 7) is 2.76. The summed E-state index contributed by atoms with van der Waals surface area (Å²) in [6, 6.07) is 9.70. The van der Waals surface area contributed by atoms with Crippen LogP contribution in [-0.2, 0) is 14.3 Å². The highest BCUT2D eigenvalue weighted by Crippen LogP contribution is 2.28. The Hall–Kier alpha value is -2.90. The number of nitrogens with one attached hydrogen (secondary N) is 1. The second kappa shape index (κ2) is 8.85. The monoisotopic (exact) mass is 448 g/mol. The fourth-order valence-corrected chi connectivity index (χ4v) is 3.59. The predicted octanol–water partition coefficient (Wildman–Crippen LogP) is 3.80. The Morgan fingerprint density at radius 2 is 1.63 bits per heavy atom. The van der Waals surface area contributed by atoms with Gasteiger partial charge >= 0.3 is 5.97 Å². The van der Waals surface area contributed by atoms with E-state index in [1.807, 2.05) is 0 Å². The third-order valence-electron chi connectivity index (χ3n) is 4.53. The number of carbonyl (C=O) groups excluding carboxylic acids is 4. The molecule has 2 aromatic rings. The van der Waals surface area contributed by atoms with Gasteiger partial charge in [0.05, 0.1) is 21.8 Å². The minimum absolute atomic E-state index is 0.230. The quantitative estimate of drug-likeness (QED) is 0.535. The minimum Gasteiger partial charge on any atom is -0.454 e. The number of halogens is 2. The number of imide groups is 1. The third kappa shape index (κ3) is 4.32. The Balaban J connectivity index is 1.69. The number of rotatable bonds is 6. The molecule has 30 heavy (non-hydrogen) atoms. The molecule has 9 heteroatoms. The fourth-order valence-electron chi connectivity index (χ4n) is 3.14. The van der Waals surface area contributed by atoms with E-state index in [0.717, 1.165) is 4.90 Å². The number of hydrogen-bond donors (Lipinski definition) is 1. The highest BCUT2D eigenvalue weighted by Gasteiger charge is 2.44. The summed E-state index contributed by atoms with van der Waals surface area (Å²) in [5, 5.41) is 3.15. The molecule has 1 aliphatic heterocycles. The van der Waals surface area contributed by atoms with Crippen molar-refractivity contribution in [2.24, 2.45) is 5.92 Å². The summed E-state index contributed by atoms with van der Waals surface area (Å²) in [5.41, 5.74) is 0.773. The highest BCUT2D eigenvalue weighted by atomic mass is 35.5. The molecule has 0 bridgehead atoms. The van der Waals surface area contributed by atoms with Gasteiger partial charge in [-0.3, -0.25) is 19.3 Å². The van der Waals surface area contributed by atoms with Gasteiger partial charge in [-0.1, -0.05) is 49.2 Å². The van der Waals surface area contributed by atoms with Crippen molar-refractivity contribution in [1.82, 2.24) is 4.90 Å². The van der Waals surface area contributed by atoms with Crippen LogP contribution in [0, 0.1) is 5.92 Å². The number of hydrogen-bond acceptors (Lipinski definition) is 5. The van der Waals surface area contributed by atoms with Gasteiger partial charge in [0.15, 0.2) is 6.61 Å². The van der Waals surface area contributed by atoms with Gasteiger partial charge < -0.3 is 10.1 Å². The molecule has 1 unspecified atom stereocenters. The number of anilines is 1. The van der Waals surface area contributed by atoms with E-state index in [2.05, 4.69) is 5.32 Å². The van der Waals surface area contributed by atoms with E-state index in [9.17, 15) is 19.2 Å². The Morgan fingerprint density at radius 3 is 2.17 bits per heavy atom. The summed E-state index contributed by atoms with van der Waals surface area (Å²) in [7, 11) is 0. The van der Waals surface area contributed by atoms with E-state index >= 15 is 0 Å². The zero-order valence-corrected chi connectivity index (χ0v) is 17.7. The summed E-state index contributed by atoms with van der Waals surface area (Å²) in [6.07, 6.45) is 0. The van der Waals surface area contributed by atoms with Crippen LogP contribution in [0.25, 0.3) is 0 Å². The van der Waals surface area contributed by atoms with Gasteiger partial charge in [-0.2, -0.15) is 0 Å². The number of esters is 1. The molecule has 0 spiro atoms. The van der Waals surface area contributed by atoms with E-state index in [1.165, 1.54) is 24.3 Å². The van der Waals surface area contributed by atoms with E-state index in [0.29, 0.717) is 10.7 Å². The van der Waals surface area contributed by atoms with E-state index in [1.54, 1.807) is 32.0 Å². The highest BCUT2D eigenvalue weighted by molar-refractivity contribution is 6.36. The molecule has 0 saturated heterocycles. The number of ether oxygens (including phenoxy) is 1. The molecule has 3 rings (SSSR count). The van der Waals surface area contributed by atoms with Crippen LogP contribution in [0.2, 0.25) is 10.0 Å². The first-order chi connectivity index (χ1) is 14.2. The first-order valence-corrected chi connectivity index (χ1v) is 9.84. The minimum atomic E-state index is -1.16. The summed E-state index contributed by atoms with van der Waals surface area (Å²) in [5.74, 6) is -3.03. The third-order valence-corrected chi connectivity index (χ3v) is 5.08. The molecule has 1 heterocycles. The van der Waals surface area contributed by atoms with Crippen LogP contribution in [-0.4, -0.2) is 41.2 Å². The van der Waals surface area contributed by atoms with Gasteiger partial charge in [-0.25, -0.2) is 4.79 Å². The lowest BCUT2D eigenvalue weighted by atomic mass is 10.0. The Kier molecular flexibility index (Phi) is 6.43. The van der Waals surface area contributed by atoms with Crippen LogP contribution >= 0.6 is 23.2 Å². The lowest BCUT2D eigenvalue weighted by Gasteiger charge is -2.27. The summed E-state index contributed by atoms with van der Waals surface area (Å²) < 4.78 is 5.10. The number of carbonyl (C=O) groups is 4. The molecule has 3 amide bonds. The Bertz CT molecular complexity index is 1000. The van der Waals surface area contributed by atoms with Crippen LogP contribution in [0.1, 0.15) is 34.6 Å². The molecule has 0 saturated carbocycles. The van der Waals surface area contributed by atoms with Crippen LogP contribution in [0.15, 0.2) is 42.5 Å². The zero-order valence-electron chi connectivity index (χ0n) is 16.1. The molecule has 156 valence electrons. The second-order valence-electron chi connectivity index (χ2n) is 6.99. The van der Waals surface area contributed by atoms with Gasteiger partial charge in [0.2, 0.25) is 0 Å². The van der Waals surface area contributed by atoms with Crippen molar-refractivity contribution in [1.29, 1.82) is 0 Å². The van der Waals surface area contributed by atoms with E-state index in [4.69, 9.17) is 27.9 Å². The molecular weight excluding hydrogens is 431 g/mol. The van der Waals surface area contributed by atoms with Gasteiger partial charge in [-0.05, 0) is 36.2 Å². The number of nitrogens with zero attached hydrogens (tertiary/aromatic N) is 1. The van der Waals surface area contributed by atoms with Crippen molar-refractivity contribution in [3.05, 3.63) is 63.6 Å². The first kappa shape index (κ1) is 21.8. The Labute approximate surface area is 182 Å². The Morgan fingerprint density at radius 1 is 1.03 bits per heavy atom. The van der Waals surface area contributed by atoms with Crippen LogP contribution in [0.5, 0.6) is 0 Å². The standard InChI is InChI=1S/C21H18Cl2N2O5/c1-11(2)18(25-19(27)13-5-3-4-6-14(13)20(25)28)21(29)30-10-17(26)24-16-8-7-12(22)9-15(16)23/h3-9,11,18H,10H2,1-2H3,(H,24,26). The van der Waals surface area contributed by atoms with Crippen molar-refractivity contribution in [2.75, 3.05) is 11.9 Å². The predicted molar refractivity (Wildman–Crippen MR) is 112 cm³/mol. The second-order valence-corrected chi connectivity index (χ2v) is 7.84. The van der Waals surface area contributed by atoms with E-state index in [-0.39, 0.29) is 16.1 Å². The van der Waals surface area contributed by atoms with Crippen molar-refractivity contribution >= 4 is 52.6 Å². The normalized spacial score (nSPS) is 14.0. The van der Waals surface area contributed by atoms with Crippen LogP contribution in [0.3, 0.4) is 0 Å². The molecule has 0 aromatic heterocycles. The van der Waals surface area contributed by atoms with E-state index < -0.39 is 42.3 Å². The topological polar surface area (TPSA) is 92.8 Å². The molecule has 0 fully saturated rings. The number of fused-ring (bicyclic) bond motifs is 1. The smallest absolute Gasteiger partial charge is 0.330 e. The summed E-state index contributed by atoms with van der Waals surface area (Å²) in [4.78, 5) is 51.1. The first-order valence-electron chi connectivity index (χ1n) is 9.09. The molecule has 1 N–H and O–H groups in total. The molecule has 0 aliphatic carbocycles. The van der Waals surface area contributed by atoms with Gasteiger partial charge in [0.1, 0.15) is 6.04 Å². The molecule has 1 atom stereocenters. The van der Waals surface area contributed by atoms with Gasteiger partial charge in [0.25, 0.3) is 17.7 Å². The summed E-state index contributed by atoms with van der Waals surface area (Å²) >= 11 is 11.8. The van der Waals surface area contributed by atoms with Crippen molar-refractivity contribution < 1.29 is 23.9 Å². The van der Waals surface area contributed by atoms with Crippen LogP contribution in [0.4, 0.5) is 5.69 Å². The molecule has 7 nitrogen and oxygen atoms in total. The van der Waals surface area contributed by atoms with Crippen molar-refractivity contribution in [2.45, 2.75) is 19.9 Å². The zero-order chi connectivity index (χ0) is 22.0. The lowest BCUT2D eigenvalue weighted by Crippen LogP contribution is -2.49. The molecule has 1 aliphatic rings. The number of amides is 3. The maximum atomic E-state index is 12.7. The molecule has 0 radical (unpaired) electrons. The lowest BCUT2D eigenvalue weighted by molar-refractivity contribution is -0.152. The SMILES string of the molecule is CC(C)C(C(=O)OCC(=O)Nc1ccc(Cl)cc1Cl)N1C(=O)c2ccccc2C1=O. The van der Waals surface area contributed by atoms with Gasteiger partial charge in [-0.15, -0.1) is 0 Å². The molecule has 2 aromatic carbocycles.